The Morgan fingerprint density at radius 1 is 1.44 bits per heavy atom. The molecule has 0 amide bonds. The molecule has 2 rings (SSSR count). The smallest absolute Gasteiger partial charge is 0.126 e. The third-order valence-electron chi connectivity index (χ3n) is 2.84. The molecular formula is C12H18N4S2. The molecule has 98 valence electrons. The fraction of sp³-hybridized carbons (Fsp3) is 0.500. The van der Waals surface area contributed by atoms with Crippen LogP contribution in [0.15, 0.2) is 18.2 Å². The maximum absolute atomic E-state index is 5.56. The van der Waals surface area contributed by atoms with Crippen molar-refractivity contribution in [2.75, 3.05) is 43.0 Å². The van der Waals surface area contributed by atoms with Gasteiger partial charge in [0.25, 0.3) is 0 Å². The monoisotopic (exact) mass is 282 g/mol. The molecule has 4 nitrogen and oxygen atoms in total. The molecule has 3 N–H and O–H groups in total. The van der Waals surface area contributed by atoms with E-state index in [4.69, 9.17) is 18.0 Å². The van der Waals surface area contributed by atoms with Gasteiger partial charge in [-0.1, -0.05) is 18.3 Å². The van der Waals surface area contributed by atoms with Crippen molar-refractivity contribution in [2.24, 2.45) is 5.73 Å². The number of hydrogen-bond donors (Lipinski definition) is 2. The van der Waals surface area contributed by atoms with Gasteiger partial charge in [0.15, 0.2) is 0 Å². The second kappa shape index (κ2) is 6.92. The Morgan fingerprint density at radius 3 is 2.94 bits per heavy atom. The first-order valence-electron chi connectivity index (χ1n) is 6.06. The van der Waals surface area contributed by atoms with Gasteiger partial charge >= 0.3 is 0 Å². The third-order valence-corrected chi connectivity index (χ3v) is 3.99. The van der Waals surface area contributed by atoms with Crippen molar-refractivity contribution < 1.29 is 0 Å². The van der Waals surface area contributed by atoms with Gasteiger partial charge in [0.2, 0.25) is 0 Å². The van der Waals surface area contributed by atoms with E-state index in [1.807, 2.05) is 30.0 Å². The minimum absolute atomic E-state index is 0.340. The molecule has 0 saturated carbocycles. The summed E-state index contributed by atoms with van der Waals surface area (Å²) in [5, 5.41) is 3.31. The first-order valence-corrected chi connectivity index (χ1v) is 7.63. The van der Waals surface area contributed by atoms with Crippen molar-refractivity contribution in [1.29, 1.82) is 0 Å². The van der Waals surface area contributed by atoms with Gasteiger partial charge in [0.05, 0.1) is 5.69 Å². The number of nitrogens with zero attached hydrogens (tertiary/aromatic N) is 2. The normalized spacial score (nSPS) is 16.4. The molecule has 1 aromatic heterocycles. The SMILES string of the molecule is NC(=S)c1cccc(NCCN2CCSCC2)n1. The van der Waals surface area contributed by atoms with E-state index in [0.717, 1.165) is 18.9 Å². The second-order valence-corrected chi connectivity index (χ2v) is 5.82. The fourth-order valence-corrected chi connectivity index (χ4v) is 2.93. The summed E-state index contributed by atoms with van der Waals surface area (Å²) < 4.78 is 0. The van der Waals surface area contributed by atoms with Crippen molar-refractivity contribution in [3.05, 3.63) is 23.9 Å². The van der Waals surface area contributed by atoms with Gasteiger partial charge in [0.1, 0.15) is 10.8 Å². The molecule has 1 saturated heterocycles. The Bertz CT molecular complexity index is 405. The number of nitrogens with two attached hydrogens (primary N) is 1. The number of hydrogen-bond acceptors (Lipinski definition) is 5. The molecule has 1 fully saturated rings. The number of thioether (sulfide) groups is 1. The van der Waals surface area contributed by atoms with Gasteiger partial charge in [-0.15, -0.1) is 0 Å². The molecule has 6 heteroatoms. The van der Waals surface area contributed by atoms with Crippen molar-refractivity contribution in [2.45, 2.75) is 0 Å². The minimum Gasteiger partial charge on any atom is -0.388 e. The molecule has 1 aromatic rings. The van der Waals surface area contributed by atoms with E-state index in [0.29, 0.717) is 10.7 Å². The number of aromatic nitrogens is 1. The molecule has 2 heterocycles. The van der Waals surface area contributed by atoms with E-state index in [9.17, 15) is 0 Å². The van der Waals surface area contributed by atoms with Crippen LogP contribution in [0.1, 0.15) is 5.69 Å². The topological polar surface area (TPSA) is 54.2 Å². The van der Waals surface area contributed by atoms with Crippen LogP contribution in [-0.2, 0) is 0 Å². The average Bonchev–Trinajstić information content (AvgIpc) is 2.40. The summed E-state index contributed by atoms with van der Waals surface area (Å²) in [7, 11) is 0. The average molecular weight is 282 g/mol. The zero-order chi connectivity index (χ0) is 12.8. The highest BCUT2D eigenvalue weighted by Crippen LogP contribution is 2.09. The Hall–Kier alpha value is -0.850. The molecule has 1 aliphatic heterocycles. The van der Waals surface area contributed by atoms with Crippen LogP contribution in [-0.4, -0.2) is 52.6 Å². The third kappa shape index (κ3) is 4.12. The van der Waals surface area contributed by atoms with E-state index >= 15 is 0 Å². The van der Waals surface area contributed by atoms with E-state index in [2.05, 4.69) is 15.2 Å². The zero-order valence-corrected chi connectivity index (χ0v) is 11.9. The van der Waals surface area contributed by atoms with Gasteiger partial charge in [-0.05, 0) is 12.1 Å². The van der Waals surface area contributed by atoms with Gasteiger partial charge in [-0.2, -0.15) is 11.8 Å². The molecule has 0 unspecified atom stereocenters. The van der Waals surface area contributed by atoms with Crippen LogP contribution < -0.4 is 11.1 Å². The predicted octanol–water partition coefficient (Wildman–Crippen LogP) is 1.18. The lowest BCUT2D eigenvalue weighted by Crippen LogP contribution is -2.36. The van der Waals surface area contributed by atoms with Crippen LogP contribution >= 0.6 is 24.0 Å². The predicted molar refractivity (Wildman–Crippen MR) is 82.4 cm³/mol. The van der Waals surface area contributed by atoms with E-state index < -0.39 is 0 Å². The molecule has 0 aromatic carbocycles. The van der Waals surface area contributed by atoms with E-state index in [1.165, 1.54) is 24.6 Å². The largest absolute Gasteiger partial charge is 0.388 e. The molecule has 0 radical (unpaired) electrons. The molecular weight excluding hydrogens is 264 g/mol. The van der Waals surface area contributed by atoms with Crippen molar-refractivity contribution in [3.63, 3.8) is 0 Å². The lowest BCUT2D eigenvalue weighted by atomic mass is 10.3. The van der Waals surface area contributed by atoms with Crippen LogP contribution in [0.3, 0.4) is 0 Å². The summed E-state index contributed by atoms with van der Waals surface area (Å²) in [5.41, 5.74) is 6.23. The summed E-state index contributed by atoms with van der Waals surface area (Å²) >= 11 is 6.94. The first-order chi connectivity index (χ1) is 8.75. The number of nitrogens with one attached hydrogen (secondary N) is 1. The summed E-state index contributed by atoms with van der Waals surface area (Å²) in [6.07, 6.45) is 0. The second-order valence-electron chi connectivity index (χ2n) is 4.15. The highest BCUT2D eigenvalue weighted by Gasteiger charge is 2.09. The summed E-state index contributed by atoms with van der Waals surface area (Å²) in [4.78, 5) is 7.17. The maximum atomic E-state index is 5.56. The lowest BCUT2D eigenvalue weighted by Gasteiger charge is -2.26. The highest BCUT2D eigenvalue weighted by molar-refractivity contribution is 7.99. The Balaban J connectivity index is 1.78. The Kier molecular flexibility index (Phi) is 5.22. The van der Waals surface area contributed by atoms with E-state index in [1.54, 1.807) is 0 Å². The number of rotatable bonds is 5. The summed E-state index contributed by atoms with van der Waals surface area (Å²) in [5.74, 6) is 3.33. The number of pyridine rings is 1. The molecule has 0 aliphatic carbocycles. The van der Waals surface area contributed by atoms with Crippen LogP contribution in [0.2, 0.25) is 0 Å². The van der Waals surface area contributed by atoms with Crippen molar-refractivity contribution in [3.8, 4) is 0 Å². The minimum atomic E-state index is 0.340. The van der Waals surface area contributed by atoms with Crippen LogP contribution in [0.5, 0.6) is 0 Å². The first kappa shape index (κ1) is 13.6. The Morgan fingerprint density at radius 2 is 2.22 bits per heavy atom. The van der Waals surface area contributed by atoms with Gasteiger partial charge < -0.3 is 11.1 Å². The summed E-state index contributed by atoms with van der Waals surface area (Å²) in [6.45, 7) is 4.33. The molecule has 0 atom stereocenters. The van der Waals surface area contributed by atoms with Crippen molar-refractivity contribution in [1.82, 2.24) is 9.88 Å². The Labute approximate surface area is 117 Å². The molecule has 0 bridgehead atoms. The quantitative estimate of drug-likeness (QED) is 0.791. The molecule has 0 spiro atoms. The summed E-state index contributed by atoms with van der Waals surface area (Å²) in [6, 6.07) is 5.69. The number of thiocarbonyl (C=S) groups is 1. The van der Waals surface area contributed by atoms with Gasteiger partial charge in [-0.25, -0.2) is 4.98 Å². The lowest BCUT2D eigenvalue weighted by molar-refractivity contribution is 0.314. The zero-order valence-electron chi connectivity index (χ0n) is 10.3. The van der Waals surface area contributed by atoms with Gasteiger partial charge in [0, 0.05) is 37.7 Å². The molecule has 18 heavy (non-hydrogen) atoms. The van der Waals surface area contributed by atoms with E-state index in [-0.39, 0.29) is 0 Å². The van der Waals surface area contributed by atoms with Crippen LogP contribution in [0, 0.1) is 0 Å². The number of anilines is 1. The fourth-order valence-electron chi connectivity index (χ4n) is 1.84. The highest BCUT2D eigenvalue weighted by atomic mass is 32.2. The van der Waals surface area contributed by atoms with Crippen LogP contribution in [0.25, 0.3) is 0 Å². The van der Waals surface area contributed by atoms with Crippen LogP contribution in [0.4, 0.5) is 5.82 Å². The standard InChI is InChI=1S/C12H18N4S2/c13-12(17)10-2-1-3-11(15-10)14-4-5-16-6-8-18-9-7-16/h1-3H,4-9H2,(H2,13,17)(H,14,15). The van der Waals surface area contributed by atoms with Crippen molar-refractivity contribution >= 4 is 34.8 Å². The van der Waals surface area contributed by atoms with Gasteiger partial charge in [-0.3, -0.25) is 4.90 Å². The molecule has 1 aliphatic rings. The maximum Gasteiger partial charge on any atom is 0.126 e.